The smallest absolute Gasteiger partial charge is 0.312 e. The highest BCUT2D eigenvalue weighted by atomic mass is 16.3. The van der Waals surface area contributed by atoms with Crippen LogP contribution in [0.15, 0.2) is 24.5 Å². The second kappa shape index (κ2) is 13.1. The van der Waals surface area contributed by atoms with E-state index in [0.717, 1.165) is 5.56 Å². The summed E-state index contributed by atoms with van der Waals surface area (Å²) in [4.78, 5) is 49.6. The second-order valence-electron chi connectivity index (χ2n) is 6.78. The lowest BCUT2D eigenvalue weighted by molar-refractivity contribution is -0.139. The van der Waals surface area contributed by atoms with Gasteiger partial charge in [-0.2, -0.15) is 0 Å². The van der Waals surface area contributed by atoms with E-state index in [9.17, 15) is 19.5 Å². The third-order valence-electron chi connectivity index (χ3n) is 4.75. The Balaban J connectivity index is 0.00000141. The number of carbonyl (C=O) groups is 4. The number of hydrogen-bond donors (Lipinski definition) is 5. The van der Waals surface area contributed by atoms with Crippen LogP contribution in [0.3, 0.4) is 0 Å². The van der Waals surface area contributed by atoms with Gasteiger partial charge in [-0.05, 0) is 43.9 Å². The van der Waals surface area contributed by atoms with E-state index in [1.165, 1.54) is 0 Å². The number of aliphatic hydroxyl groups excluding tert-OH is 1. The third-order valence-corrected chi connectivity index (χ3v) is 4.75. The molecule has 0 unspecified atom stereocenters. The number of nitrogens with two attached hydrogens (primary N) is 1. The van der Waals surface area contributed by atoms with Gasteiger partial charge in [-0.25, -0.2) is 4.79 Å². The van der Waals surface area contributed by atoms with Crippen LogP contribution in [-0.4, -0.2) is 69.6 Å². The molecule has 166 valence electrons. The highest BCUT2D eigenvalue weighted by Crippen LogP contribution is 2.27. The molecule has 1 aromatic rings. The summed E-state index contributed by atoms with van der Waals surface area (Å²) in [6, 6.07) is 2.41. The number of carbonyl (C=O) groups excluding carboxylic acids is 3. The van der Waals surface area contributed by atoms with E-state index < -0.39 is 24.1 Å². The fourth-order valence-electron chi connectivity index (χ4n) is 3.27. The topological polar surface area (TPSA) is 175 Å². The Labute approximate surface area is 174 Å². The molecule has 0 saturated heterocycles. The molecule has 0 bridgehead atoms. The first-order valence-corrected chi connectivity index (χ1v) is 9.58. The van der Waals surface area contributed by atoms with Gasteiger partial charge in [-0.1, -0.05) is 0 Å². The Bertz CT molecular complexity index is 702. The lowest BCUT2D eigenvalue weighted by atomic mass is 9.82. The average Bonchev–Trinajstić information content (AvgIpc) is 2.73. The molecule has 1 heterocycles. The van der Waals surface area contributed by atoms with Crippen molar-refractivity contribution in [2.45, 2.75) is 44.9 Å². The van der Waals surface area contributed by atoms with Gasteiger partial charge >= 0.3 is 6.03 Å². The number of aromatic nitrogens is 1. The number of pyridine rings is 1. The van der Waals surface area contributed by atoms with Crippen molar-refractivity contribution in [3.8, 4) is 0 Å². The molecule has 1 aliphatic carbocycles. The Kier molecular flexibility index (Phi) is 10.8. The third kappa shape index (κ3) is 8.43. The molecule has 6 N–H and O–H groups in total. The van der Waals surface area contributed by atoms with Crippen LogP contribution < -0.4 is 16.4 Å². The Morgan fingerprint density at radius 3 is 2.50 bits per heavy atom. The van der Waals surface area contributed by atoms with Gasteiger partial charge in [0, 0.05) is 31.4 Å². The summed E-state index contributed by atoms with van der Waals surface area (Å²) in [6.07, 6.45) is 4.01. The lowest BCUT2D eigenvalue weighted by Gasteiger charge is -2.35. The zero-order valence-corrected chi connectivity index (χ0v) is 16.9. The number of aliphatic hydroxyl groups is 1. The summed E-state index contributed by atoms with van der Waals surface area (Å²) in [5.74, 6) is -0.713. The maximum atomic E-state index is 12.9. The van der Waals surface area contributed by atoms with Gasteiger partial charge < -0.3 is 31.5 Å². The van der Waals surface area contributed by atoms with Gasteiger partial charge in [0.2, 0.25) is 11.8 Å². The fraction of sp³-hybridized carbons (Fsp3) is 0.526. The van der Waals surface area contributed by atoms with E-state index in [0.29, 0.717) is 32.4 Å². The summed E-state index contributed by atoms with van der Waals surface area (Å²) < 4.78 is 0. The molecule has 0 radical (unpaired) electrons. The number of primary amides is 1. The summed E-state index contributed by atoms with van der Waals surface area (Å²) >= 11 is 0. The van der Waals surface area contributed by atoms with Crippen molar-refractivity contribution in [3.05, 3.63) is 30.1 Å². The first-order chi connectivity index (χ1) is 14.3. The van der Waals surface area contributed by atoms with Crippen LogP contribution in [0, 0.1) is 5.92 Å². The second-order valence-corrected chi connectivity index (χ2v) is 6.78. The monoisotopic (exact) mass is 423 g/mol. The molecule has 0 aliphatic heterocycles. The maximum Gasteiger partial charge on any atom is 0.312 e. The van der Waals surface area contributed by atoms with Gasteiger partial charge in [-0.15, -0.1) is 0 Å². The Hall–Kier alpha value is -3.21. The van der Waals surface area contributed by atoms with Gasteiger partial charge in [0.25, 0.3) is 6.47 Å². The SMILES string of the molecule is CCN(Cc1ccncc1)C(=O)[C@H]1CC[C@@H](O)[C@H](NC(=O)CNC(N)=O)C1.O=CO. The molecule has 3 atom stereocenters. The lowest BCUT2D eigenvalue weighted by Crippen LogP contribution is -2.52. The van der Waals surface area contributed by atoms with Gasteiger partial charge in [0.1, 0.15) is 0 Å². The zero-order chi connectivity index (χ0) is 22.5. The molecule has 4 amide bonds. The van der Waals surface area contributed by atoms with Gasteiger partial charge in [0.05, 0.1) is 18.7 Å². The molecular weight excluding hydrogens is 394 g/mol. The van der Waals surface area contributed by atoms with Crippen LogP contribution in [0.2, 0.25) is 0 Å². The van der Waals surface area contributed by atoms with Crippen molar-refractivity contribution in [2.75, 3.05) is 13.1 Å². The van der Waals surface area contributed by atoms with Crippen LogP contribution in [0.4, 0.5) is 4.79 Å². The molecule has 2 rings (SSSR count). The summed E-state index contributed by atoms with van der Waals surface area (Å²) in [5.41, 5.74) is 5.94. The predicted octanol–water partition coefficient (Wildman–Crippen LogP) is -0.555. The quantitative estimate of drug-likeness (QED) is 0.365. The van der Waals surface area contributed by atoms with E-state index in [2.05, 4.69) is 15.6 Å². The molecule has 1 aliphatic rings. The van der Waals surface area contributed by atoms with Crippen molar-refractivity contribution < 1.29 is 29.4 Å². The molecule has 30 heavy (non-hydrogen) atoms. The van der Waals surface area contributed by atoms with Crippen LogP contribution in [0.1, 0.15) is 31.7 Å². The van der Waals surface area contributed by atoms with Crippen molar-refractivity contribution >= 4 is 24.3 Å². The van der Waals surface area contributed by atoms with Crippen molar-refractivity contribution in [1.82, 2.24) is 20.5 Å². The number of nitrogens with one attached hydrogen (secondary N) is 2. The van der Waals surface area contributed by atoms with Gasteiger partial charge in [0.15, 0.2) is 0 Å². The summed E-state index contributed by atoms with van der Waals surface area (Å²) in [6.45, 7) is 2.47. The summed E-state index contributed by atoms with van der Waals surface area (Å²) in [7, 11) is 0. The average molecular weight is 423 g/mol. The molecule has 1 fully saturated rings. The predicted molar refractivity (Wildman–Crippen MR) is 107 cm³/mol. The molecule has 11 nitrogen and oxygen atoms in total. The van der Waals surface area contributed by atoms with E-state index in [-0.39, 0.29) is 24.8 Å². The number of amides is 4. The van der Waals surface area contributed by atoms with Crippen LogP contribution in [0.5, 0.6) is 0 Å². The number of carboxylic acid groups (broad SMARTS) is 1. The number of rotatable bonds is 7. The highest BCUT2D eigenvalue weighted by molar-refractivity contribution is 5.83. The number of nitrogens with zero attached hydrogens (tertiary/aromatic N) is 2. The zero-order valence-electron chi connectivity index (χ0n) is 16.9. The molecule has 0 spiro atoms. The van der Waals surface area contributed by atoms with E-state index in [1.54, 1.807) is 17.3 Å². The minimum absolute atomic E-state index is 0.00993. The highest BCUT2D eigenvalue weighted by Gasteiger charge is 2.35. The van der Waals surface area contributed by atoms with E-state index in [1.807, 2.05) is 19.1 Å². The van der Waals surface area contributed by atoms with E-state index in [4.69, 9.17) is 15.6 Å². The minimum Gasteiger partial charge on any atom is -0.483 e. The van der Waals surface area contributed by atoms with Crippen LogP contribution >= 0.6 is 0 Å². The van der Waals surface area contributed by atoms with Crippen molar-refractivity contribution in [3.63, 3.8) is 0 Å². The van der Waals surface area contributed by atoms with Crippen LogP contribution in [-0.2, 0) is 20.9 Å². The molecular formula is C19H29N5O6. The Morgan fingerprint density at radius 1 is 1.30 bits per heavy atom. The normalized spacial score (nSPS) is 20.1. The van der Waals surface area contributed by atoms with Crippen LogP contribution in [0.25, 0.3) is 0 Å². The Morgan fingerprint density at radius 2 is 1.93 bits per heavy atom. The molecule has 1 saturated carbocycles. The van der Waals surface area contributed by atoms with Crippen molar-refractivity contribution in [2.24, 2.45) is 11.7 Å². The molecule has 1 aromatic heterocycles. The maximum absolute atomic E-state index is 12.9. The number of hydrogen-bond acceptors (Lipinski definition) is 6. The largest absolute Gasteiger partial charge is 0.483 e. The standard InChI is InChI=1S/C18H27N5O4.CH2O2/c1-2-23(11-12-5-7-20-8-6-12)17(26)13-3-4-15(24)14(9-13)22-16(25)10-21-18(19)27;2-1-3/h5-8,13-15,24H,2-4,9-11H2,1H3,(H,22,25)(H3,19,21,27);1H,(H,2,3)/t13-,14+,15+;/m0./s1. The minimum atomic E-state index is -0.794. The fourth-order valence-corrected chi connectivity index (χ4v) is 3.27. The first-order valence-electron chi connectivity index (χ1n) is 9.58. The first kappa shape index (κ1) is 24.8. The van der Waals surface area contributed by atoms with Crippen molar-refractivity contribution in [1.29, 1.82) is 0 Å². The van der Waals surface area contributed by atoms with Gasteiger partial charge in [-0.3, -0.25) is 19.4 Å². The number of urea groups is 1. The molecule has 0 aromatic carbocycles. The van der Waals surface area contributed by atoms with E-state index >= 15 is 0 Å². The molecule has 11 heteroatoms. The summed E-state index contributed by atoms with van der Waals surface area (Å²) in [5, 5.41) is 21.9.